The van der Waals surface area contributed by atoms with E-state index in [1.54, 1.807) is 0 Å². The Kier molecular flexibility index (Phi) is 4.07. The smallest absolute Gasteiger partial charge is 0.0522 e. The lowest BCUT2D eigenvalue weighted by atomic mass is 9.84. The van der Waals surface area contributed by atoms with Crippen LogP contribution < -0.4 is 5.32 Å². The number of nitrogens with zero attached hydrogens (tertiary/aromatic N) is 3. The topological polar surface area (TPSA) is 33.1 Å². The molecule has 1 aromatic rings. The Bertz CT molecular complexity index is 377. The first-order valence-corrected chi connectivity index (χ1v) is 6.89. The zero-order valence-electron chi connectivity index (χ0n) is 12.1. The minimum Gasteiger partial charge on any atom is -0.314 e. The van der Waals surface area contributed by atoms with Crippen LogP contribution in [-0.2, 0) is 13.5 Å². The lowest BCUT2D eigenvalue weighted by molar-refractivity contribution is 0.0766. The van der Waals surface area contributed by atoms with Gasteiger partial charge in [0.15, 0.2) is 0 Å². The van der Waals surface area contributed by atoms with Gasteiger partial charge in [0.05, 0.1) is 6.20 Å². The van der Waals surface area contributed by atoms with Gasteiger partial charge in [-0.15, -0.1) is 0 Å². The minimum atomic E-state index is 0.336. The van der Waals surface area contributed by atoms with Crippen molar-refractivity contribution in [3.63, 3.8) is 0 Å². The Balaban J connectivity index is 1.93. The summed E-state index contributed by atoms with van der Waals surface area (Å²) in [5.74, 6) is 0. The van der Waals surface area contributed by atoms with E-state index in [4.69, 9.17) is 0 Å². The highest BCUT2D eigenvalue weighted by molar-refractivity contribution is 5.04. The molecule has 0 radical (unpaired) electrons. The van der Waals surface area contributed by atoms with Crippen LogP contribution in [0.25, 0.3) is 0 Å². The van der Waals surface area contributed by atoms with Gasteiger partial charge in [0.2, 0.25) is 0 Å². The molecule has 0 bridgehead atoms. The van der Waals surface area contributed by atoms with E-state index in [1.165, 1.54) is 5.56 Å². The molecule has 0 amide bonds. The largest absolute Gasteiger partial charge is 0.314 e. The van der Waals surface area contributed by atoms with Crippen LogP contribution in [0.3, 0.4) is 0 Å². The molecule has 0 aromatic carbocycles. The molecule has 18 heavy (non-hydrogen) atoms. The Hall–Kier alpha value is -0.870. The second kappa shape index (κ2) is 5.41. The maximum atomic E-state index is 4.23. The van der Waals surface area contributed by atoms with Crippen LogP contribution in [0, 0.1) is 5.41 Å². The Morgan fingerprint density at radius 2 is 2.22 bits per heavy atom. The summed E-state index contributed by atoms with van der Waals surface area (Å²) in [4.78, 5) is 2.63. The average molecular weight is 250 g/mol. The predicted molar refractivity (Wildman–Crippen MR) is 74.6 cm³/mol. The average Bonchev–Trinajstić information content (AvgIpc) is 2.72. The van der Waals surface area contributed by atoms with Crippen LogP contribution in [-0.4, -0.2) is 46.9 Å². The van der Waals surface area contributed by atoms with E-state index in [2.05, 4.69) is 42.3 Å². The molecular formula is C14H26N4. The van der Waals surface area contributed by atoms with Crippen molar-refractivity contribution in [3.8, 4) is 0 Å². The fraction of sp³-hybridized carbons (Fsp3) is 0.786. The van der Waals surface area contributed by atoms with E-state index in [0.717, 1.165) is 32.6 Å². The highest BCUT2D eigenvalue weighted by Gasteiger charge is 2.31. The molecule has 4 nitrogen and oxygen atoms in total. The molecule has 1 aliphatic heterocycles. The summed E-state index contributed by atoms with van der Waals surface area (Å²) in [6.07, 6.45) is 5.20. The molecular weight excluding hydrogens is 224 g/mol. The molecule has 1 atom stereocenters. The van der Waals surface area contributed by atoms with E-state index in [9.17, 15) is 0 Å². The Morgan fingerprint density at radius 3 is 2.83 bits per heavy atom. The van der Waals surface area contributed by atoms with Gasteiger partial charge in [-0.1, -0.05) is 20.8 Å². The van der Waals surface area contributed by atoms with Crippen molar-refractivity contribution in [2.24, 2.45) is 12.5 Å². The molecule has 1 fully saturated rings. The minimum absolute atomic E-state index is 0.336. The maximum absolute atomic E-state index is 4.23. The van der Waals surface area contributed by atoms with Crippen LogP contribution in [0.4, 0.5) is 0 Å². The first kappa shape index (κ1) is 13.6. The SMILES string of the molecule is Cn1cc(CCN2CCNCC2C(C)(C)C)cn1. The van der Waals surface area contributed by atoms with E-state index in [0.29, 0.717) is 11.5 Å². The molecule has 1 aromatic heterocycles. The number of nitrogens with one attached hydrogen (secondary N) is 1. The first-order chi connectivity index (χ1) is 8.47. The van der Waals surface area contributed by atoms with Gasteiger partial charge in [0.25, 0.3) is 0 Å². The van der Waals surface area contributed by atoms with Crippen molar-refractivity contribution in [3.05, 3.63) is 18.0 Å². The summed E-state index contributed by atoms with van der Waals surface area (Å²) in [5, 5.41) is 7.75. The fourth-order valence-electron chi connectivity index (χ4n) is 2.74. The van der Waals surface area contributed by atoms with Crippen molar-refractivity contribution in [2.45, 2.75) is 33.2 Å². The van der Waals surface area contributed by atoms with E-state index in [1.807, 2.05) is 17.9 Å². The van der Waals surface area contributed by atoms with Crippen LogP contribution in [0.1, 0.15) is 26.3 Å². The molecule has 1 aliphatic rings. The molecule has 1 saturated heterocycles. The van der Waals surface area contributed by atoms with Gasteiger partial charge in [0.1, 0.15) is 0 Å². The monoisotopic (exact) mass is 250 g/mol. The predicted octanol–water partition coefficient (Wildman–Crippen LogP) is 1.28. The van der Waals surface area contributed by atoms with Gasteiger partial charge in [-0.2, -0.15) is 5.10 Å². The van der Waals surface area contributed by atoms with Crippen molar-refractivity contribution in [1.82, 2.24) is 20.0 Å². The van der Waals surface area contributed by atoms with Gasteiger partial charge in [-0.3, -0.25) is 9.58 Å². The second-order valence-electron chi connectivity index (χ2n) is 6.39. The summed E-state index contributed by atoms with van der Waals surface area (Å²) < 4.78 is 1.88. The first-order valence-electron chi connectivity index (χ1n) is 6.89. The molecule has 4 heteroatoms. The van der Waals surface area contributed by atoms with E-state index >= 15 is 0 Å². The number of piperazine rings is 1. The lowest BCUT2D eigenvalue weighted by Crippen LogP contribution is -2.56. The molecule has 0 aliphatic carbocycles. The lowest BCUT2D eigenvalue weighted by Gasteiger charge is -2.43. The highest BCUT2D eigenvalue weighted by atomic mass is 15.2. The van der Waals surface area contributed by atoms with Crippen molar-refractivity contribution >= 4 is 0 Å². The van der Waals surface area contributed by atoms with Crippen LogP contribution in [0.2, 0.25) is 0 Å². The van der Waals surface area contributed by atoms with Gasteiger partial charge in [-0.05, 0) is 17.4 Å². The van der Waals surface area contributed by atoms with Crippen LogP contribution >= 0.6 is 0 Å². The quantitative estimate of drug-likeness (QED) is 0.877. The third kappa shape index (κ3) is 3.33. The molecule has 0 spiro atoms. The zero-order chi connectivity index (χ0) is 13.2. The fourth-order valence-corrected chi connectivity index (χ4v) is 2.74. The van der Waals surface area contributed by atoms with Crippen molar-refractivity contribution in [2.75, 3.05) is 26.2 Å². The summed E-state index contributed by atoms with van der Waals surface area (Å²) in [6, 6.07) is 0.628. The second-order valence-corrected chi connectivity index (χ2v) is 6.39. The number of aryl methyl sites for hydroxylation is 1. The van der Waals surface area contributed by atoms with Gasteiger partial charge < -0.3 is 5.32 Å². The van der Waals surface area contributed by atoms with E-state index in [-0.39, 0.29) is 0 Å². The third-order valence-corrected chi connectivity index (χ3v) is 3.80. The van der Waals surface area contributed by atoms with Crippen LogP contribution in [0.5, 0.6) is 0 Å². The third-order valence-electron chi connectivity index (χ3n) is 3.80. The molecule has 0 saturated carbocycles. The Morgan fingerprint density at radius 1 is 1.44 bits per heavy atom. The molecule has 1 N–H and O–H groups in total. The number of hydrogen-bond donors (Lipinski definition) is 1. The highest BCUT2D eigenvalue weighted by Crippen LogP contribution is 2.25. The van der Waals surface area contributed by atoms with E-state index < -0.39 is 0 Å². The van der Waals surface area contributed by atoms with Gasteiger partial charge in [-0.25, -0.2) is 0 Å². The van der Waals surface area contributed by atoms with Gasteiger partial charge in [0, 0.05) is 45.5 Å². The molecule has 1 unspecified atom stereocenters. The standard InChI is InChI=1S/C14H26N4/c1-14(2,3)13-10-15-6-8-18(13)7-5-12-9-16-17(4)11-12/h9,11,13,15H,5-8,10H2,1-4H3. The number of hydrogen-bond acceptors (Lipinski definition) is 3. The summed E-state index contributed by atoms with van der Waals surface area (Å²) in [7, 11) is 1.98. The molecule has 2 heterocycles. The van der Waals surface area contributed by atoms with Gasteiger partial charge >= 0.3 is 0 Å². The van der Waals surface area contributed by atoms with Crippen molar-refractivity contribution in [1.29, 1.82) is 0 Å². The zero-order valence-corrected chi connectivity index (χ0v) is 12.1. The summed E-state index contributed by atoms with van der Waals surface area (Å²) in [6.45, 7) is 11.5. The summed E-state index contributed by atoms with van der Waals surface area (Å²) in [5.41, 5.74) is 1.67. The Labute approximate surface area is 110 Å². The van der Waals surface area contributed by atoms with Crippen LogP contribution in [0.15, 0.2) is 12.4 Å². The van der Waals surface area contributed by atoms with Crippen molar-refractivity contribution < 1.29 is 0 Å². The summed E-state index contributed by atoms with van der Waals surface area (Å²) >= 11 is 0. The normalized spacial score (nSPS) is 22.3. The number of aromatic nitrogens is 2. The molecule has 2 rings (SSSR count). The molecule has 102 valence electrons. The number of rotatable bonds is 3. The maximum Gasteiger partial charge on any atom is 0.0522 e.